The average Bonchev–Trinajstić information content (AvgIpc) is 3.06. The average molecular weight is 327 g/mol. The van der Waals surface area contributed by atoms with Crippen LogP contribution in [0.25, 0.3) is 20.7 Å². The lowest BCUT2D eigenvalue weighted by Crippen LogP contribution is -2.43. The molecule has 6 nitrogen and oxygen atoms in total. The van der Waals surface area contributed by atoms with Gasteiger partial charge in [-0.15, -0.1) is 11.3 Å². The van der Waals surface area contributed by atoms with E-state index in [2.05, 4.69) is 31.2 Å². The summed E-state index contributed by atoms with van der Waals surface area (Å²) in [6, 6.07) is 6.07. The lowest BCUT2D eigenvalue weighted by atomic mass is 10.2. The Morgan fingerprint density at radius 2 is 2.04 bits per heavy atom. The molecule has 23 heavy (non-hydrogen) atoms. The molecule has 1 aliphatic heterocycles. The van der Waals surface area contributed by atoms with Gasteiger partial charge in [-0.3, -0.25) is 0 Å². The molecule has 0 aromatic carbocycles. The maximum absolute atomic E-state index is 5.12. The third-order valence-corrected chi connectivity index (χ3v) is 5.05. The standard InChI is InChI=1S/C16H17N5OS/c1-22-14-3-2-11(9-18-14)13-8-12-15(19-10-20-16(12)23-13)21-6-4-17-5-7-21/h2-3,8-10,17H,4-7H2,1H3. The summed E-state index contributed by atoms with van der Waals surface area (Å²) in [5, 5.41) is 4.49. The first kappa shape index (κ1) is 14.3. The molecule has 0 atom stereocenters. The van der Waals surface area contributed by atoms with Gasteiger partial charge in [0.1, 0.15) is 17.0 Å². The number of rotatable bonds is 3. The van der Waals surface area contributed by atoms with Crippen LogP contribution in [0.5, 0.6) is 5.88 Å². The van der Waals surface area contributed by atoms with E-state index in [9.17, 15) is 0 Å². The summed E-state index contributed by atoms with van der Waals surface area (Å²) in [7, 11) is 1.62. The second-order valence-corrected chi connectivity index (χ2v) is 6.38. The zero-order valence-electron chi connectivity index (χ0n) is 12.8. The number of hydrogen-bond donors (Lipinski definition) is 1. The van der Waals surface area contributed by atoms with Crippen molar-refractivity contribution >= 4 is 27.4 Å². The zero-order valence-corrected chi connectivity index (χ0v) is 13.6. The maximum atomic E-state index is 5.12. The first-order valence-electron chi connectivity index (χ1n) is 7.56. The van der Waals surface area contributed by atoms with E-state index >= 15 is 0 Å². The number of hydrogen-bond acceptors (Lipinski definition) is 7. The van der Waals surface area contributed by atoms with E-state index < -0.39 is 0 Å². The number of methoxy groups -OCH3 is 1. The number of nitrogens with zero attached hydrogens (tertiary/aromatic N) is 4. The molecule has 0 bridgehead atoms. The van der Waals surface area contributed by atoms with Crippen LogP contribution in [0.15, 0.2) is 30.7 Å². The molecule has 0 spiro atoms. The van der Waals surface area contributed by atoms with Crippen LogP contribution in [-0.2, 0) is 0 Å². The SMILES string of the molecule is COc1ccc(-c2cc3c(N4CCNCC4)ncnc3s2)cn1. The van der Waals surface area contributed by atoms with Gasteiger partial charge in [0.2, 0.25) is 5.88 Å². The molecule has 3 aromatic heterocycles. The fourth-order valence-electron chi connectivity index (χ4n) is 2.76. The van der Waals surface area contributed by atoms with Crippen molar-refractivity contribution in [1.82, 2.24) is 20.3 Å². The van der Waals surface area contributed by atoms with Crippen LogP contribution in [0, 0.1) is 0 Å². The molecule has 0 aliphatic carbocycles. The molecule has 0 unspecified atom stereocenters. The van der Waals surface area contributed by atoms with Crippen LogP contribution < -0.4 is 15.0 Å². The van der Waals surface area contributed by atoms with E-state index in [0.29, 0.717) is 5.88 Å². The summed E-state index contributed by atoms with van der Waals surface area (Å²) in [6.45, 7) is 3.93. The number of aromatic nitrogens is 3. The number of piperazine rings is 1. The number of fused-ring (bicyclic) bond motifs is 1. The van der Waals surface area contributed by atoms with Crippen molar-refractivity contribution in [3.8, 4) is 16.3 Å². The largest absolute Gasteiger partial charge is 0.481 e. The number of ether oxygens (including phenoxy) is 1. The topological polar surface area (TPSA) is 63.2 Å². The molecule has 4 rings (SSSR count). The van der Waals surface area contributed by atoms with Crippen LogP contribution in [0.2, 0.25) is 0 Å². The lowest BCUT2D eigenvalue weighted by Gasteiger charge is -2.28. The summed E-state index contributed by atoms with van der Waals surface area (Å²) < 4.78 is 5.12. The van der Waals surface area contributed by atoms with Crippen LogP contribution in [-0.4, -0.2) is 48.2 Å². The Morgan fingerprint density at radius 1 is 1.17 bits per heavy atom. The van der Waals surface area contributed by atoms with Gasteiger partial charge in [0.15, 0.2) is 0 Å². The molecular formula is C16H17N5OS. The molecule has 3 aromatic rings. The van der Waals surface area contributed by atoms with Gasteiger partial charge in [-0.05, 0) is 12.1 Å². The van der Waals surface area contributed by atoms with Crippen LogP contribution >= 0.6 is 11.3 Å². The van der Waals surface area contributed by atoms with Crippen molar-refractivity contribution in [1.29, 1.82) is 0 Å². The highest BCUT2D eigenvalue weighted by molar-refractivity contribution is 7.21. The number of thiophene rings is 1. The molecule has 1 saturated heterocycles. The van der Waals surface area contributed by atoms with E-state index in [4.69, 9.17) is 4.74 Å². The van der Waals surface area contributed by atoms with Gasteiger partial charge >= 0.3 is 0 Å². The molecule has 0 saturated carbocycles. The van der Waals surface area contributed by atoms with E-state index in [1.165, 1.54) is 0 Å². The molecule has 0 radical (unpaired) electrons. The predicted molar refractivity (Wildman–Crippen MR) is 92.3 cm³/mol. The number of nitrogens with one attached hydrogen (secondary N) is 1. The minimum absolute atomic E-state index is 0.621. The number of anilines is 1. The third kappa shape index (κ3) is 2.73. The normalized spacial score (nSPS) is 15.1. The molecule has 1 fully saturated rings. The van der Waals surface area contributed by atoms with E-state index in [0.717, 1.165) is 52.7 Å². The summed E-state index contributed by atoms with van der Waals surface area (Å²) >= 11 is 1.67. The van der Waals surface area contributed by atoms with Gasteiger partial charge in [0, 0.05) is 48.9 Å². The molecular weight excluding hydrogens is 310 g/mol. The smallest absolute Gasteiger partial charge is 0.212 e. The van der Waals surface area contributed by atoms with E-state index in [1.54, 1.807) is 24.8 Å². The fourth-order valence-corrected chi connectivity index (χ4v) is 3.74. The first-order chi connectivity index (χ1) is 11.3. The highest BCUT2D eigenvalue weighted by Gasteiger charge is 2.17. The summed E-state index contributed by atoms with van der Waals surface area (Å²) in [4.78, 5) is 17.7. The van der Waals surface area contributed by atoms with Crippen molar-refractivity contribution in [3.63, 3.8) is 0 Å². The molecule has 0 amide bonds. The quantitative estimate of drug-likeness (QED) is 0.795. The minimum atomic E-state index is 0.621. The van der Waals surface area contributed by atoms with Crippen molar-refractivity contribution in [2.45, 2.75) is 0 Å². The lowest BCUT2D eigenvalue weighted by molar-refractivity contribution is 0.398. The second-order valence-electron chi connectivity index (χ2n) is 5.35. The predicted octanol–water partition coefficient (Wildman–Crippen LogP) is 2.17. The van der Waals surface area contributed by atoms with Gasteiger partial charge in [0.25, 0.3) is 0 Å². The summed E-state index contributed by atoms with van der Waals surface area (Å²) in [5.41, 5.74) is 1.07. The monoisotopic (exact) mass is 327 g/mol. The van der Waals surface area contributed by atoms with Crippen molar-refractivity contribution in [3.05, 3.63) is 30.7 Å². The molecule has 7 heteroatoms. The summed E-state index contributed by atoms with van der Waals surface area (Å²) in [6.07, 6.45) is 3.49. The Morgan fingerprint density at radius 3 is 2.78 bits per heavy atom. The Bertz CT molecular complexity index is 811. The van der Waals surface area contributed by atoms with Crippen LogP contribution in [0.1, 0.15) is 0 Å². The van der Waals surface area contributed by atoms with Gasteiger partial charge in [0.05, 0.1) is 12.5 Å². The molecule has 118 valence electrons. The highest BCUT2D eigenvalue weighted by Crippen LogP contribution is 2.36. The first-order valence-corrected chi connectivity index (χ1v) is 8.37. The molecule has 1 aliphatic rings. The van der Waals surface area contributed by atoms with E-state index in [-0.39, 0.29) is 0 Å². The Balaban J connectivity index is 1.74. The van der Waals surface area contributed by atoms with Crippen LogP contribution in [0.3, 0.4) is 0 Å². The fraction of sp³-hybridized carbons (Fsp3) is 0.312. The Hall–Kier alpha value is -2.25. The second kappa shape index (κ2) is 6.10. The highest BCUT2D eigenvalue weighted by atomic mass is 32.1. The maximum Gasteiger partial charge on any atom is 0.212 e. The van der Waals surface area contributed by atoms with Crippen molar-refractivity contribution < 1.29 is 4.74 Å². The zero-order chi connectivity index (χ0) is 15.6. The van der Waals surface area contributed by atoms with Gasteiger partial charge in [-0.2, -0.15) is 0 Å². The number of pyridine rings is 1. The summed E-state index contributed by atoms with van der Waals surface area (Å²) in [5.74, 6) is 1.65. The van der Waals surface area contributed by atoms with Crippen LogP contribution in [0.4, 0.5) is 5.82 Å². The van der Waals surface area contributed by atoms with Gasteiger partial charge in [-0.25, -0.2) is 15.0 Å². The minimum Gasteiger partial charge on any atom is -0.481 e. The molecule has 1 N–H and O–H groups in total. The van der Waals surface area contributed by atoms with Gasteiger partial charge < -0.3 is 15.0 Å². The third-order valence-electron chi connectivity index (χ3n) is 3.95. The van der Waals surface area contributed by atoms with E-state index in [1.807, 2.05) is 18.3 Å². The Labute approximate surface area is 138 Å². The van der Waals surface area contributed by atoms with Gasteiger partial charge in [-0.1, -0.05) is 0 Å². The molecule has 4 heterocycles. The van der Waals surface area contributed by atoms with Crippen molar-refractivity contribution in [2.75, 3.05) is 38.2 Å². The Kier molecular flexibility index (Phi) is 3.80. The van der Waals surface area contributed by atoms with Crippen molar-refractivity contribution in [2.24, 2.45) is 0 Å².